The Kier molecular flexibility index (Phi) is 4.45. The summed E-state index contributed by atoms with van der Waals surface area (Å²) in [6.45, 7) is 2.42. The van der Waals surface area contributed by atoms with Crippen molar-refractivity contribution in [2.75, 3.05) is 19.0 Å². The molecule has 8 heteroatoms. The minimum absolute atomic E-state index is 0.131. The first-order chi connectivity index (χ1) is 13.1. The molecular weight excluding hydrogens is 366 g/mol. The minimum Gasteiger partial charge on any atom is -0.493 e. The van der Waals surface area contributed by atoms with E-state index >= 15 is 0 Å². The maximum absolute atomic E-state index is 12.6. The first-order valence-electron chi connectivity index (χ1n) is 8.51. The van der Waals surface area contributed by atoms with Crippen molar-refractivity contribution < 1.29 is 9.53 Å². The number of methoxy groups -OCH3 is 1. The highest BCUT2D eigenvalue weighted by Crippen LogP contribution is 2.40. The number of H-pyrrole nitrogens is 1. The fourth-order valence-corrected chi connectivity index (χ4v) is 3.49. The van der Waals surface area contributed by atoms with Crippen LogP contribution in [0.3, 0.4) is 0 Å². The Hall–Kier alpha value is -3.06. The second-order valence-corrected chi connectivity index (χ2v) is 6.58. The molecule has 1 aliphatic rings. The number of aromatic amines is 1. The molecule has 7 nitrogen and oxygen atoms in total. The molecule has 0 saturated carbocycles. The summed E-state index contributed by atoms with van der Waals surface area (Å²) in [5.74, 6) is 1.03. The number of carbonyl (C=O) groups is 1. The Morgan fingerprint density at radius 3 is 2.93 bits per heavy atom. The number of amides is 1. The van der Waals surface area contributed by atoms with Crippen LogP contribution in [0.1, 0.15) is 21.9 Å². The summed E-state index contributed by atoms with van der Waals surface area (Å²) in [6, 6.07) is 7.23. The molecule has 0 atom stereocenters. The van der Waals surface area contributed by atoms with Crippen LogP contribution in [0.25, 0.3) is 11.4 Å². The Morgan fingerprint density at radius 2 is 2.15 bits per heavy atom. The Bertz CT molecular complexity index is 1030. The highest BCUT2D eigenvalue weighted by molar-refractivity contribution is 6.32. The molecule has 0 fully saturated rings. The predicted molar refractivity (Wildman–Crippen MR) is 104 cm³/mol. The molecule has 0 spiro atoms. The number of nitrogens with one attached hydrogen (secondary N) is 3. The molecule has 138 valence electrons. The van der Waals surface area contributed by atoms with Gasteiger partial charge in [0.25, 0.3) is 5.91 Å². The lowest BCUT2D eigenvalue weighted by Gasteiger charge is -2.16. The third-order valence-corrected chi connectivity index (χ3v) is 4.73. The highest BCUT2D eigenvalue weighted by atomic mass is 35.5. The van der Waals surface area contributed by atoms with Gasteiger partial charge < -0.3 is 20.4 Å². The number of aryl methyl sites for hydroxylation is 1. The normalized spacial score (nSPS) is 13.1. The van der Waals surface area contributed by atoms with Gasteiger partial charge in [-0.25, -0.2) is 9.97 Å². The molecule has 2 aromatic heterocycles. The van der Waals surface area contributed by atoms with E-state index in [9.17, 15) is 4.79 Å². The lowest BCUT2D eigenvalue weighted by molar-refractivity contribution is 0.0947. The molecule has 0 aliphatic carbocycles. The molecule has 27 heavy (non-hydrogen) atoms. The summed E-state index contributed by atoms with van der Waals surface area (Å²) in [7, 11) is 1.56. The molecule has 3 heterocycles. The number of benzene rings is 1. The zero-order valence-electron chi connectivity index (χ0n) is 14.9. The topological polar surface area (TPSA) is 91.9 Å². The van der Waals surface area contributed by atoms with Gasteiger partial charge >= 0.3 is 0 Å². The van der Waals surface area contributed by atoms with Crippen LogP contribution in [0.2, 0.25) is 5.02 Å². The lowest BCUT2D eigenvalue weighted by atomic mass is 10.1. The number of aromatic nitrogens is 3. The number of fused-ring (bicyclic) bond motifs is 1. The molecular formula is C19H18ClN5O2. The molecule has 1 aliphatic heterocycles. The van der Waals surface area contributed by atoms with Crippen molar-refractivity contribution in [1.82, 2.24) is 20.3 Å². The summed E-state index contributed by atoms with van der Waals surface area (Å²) in [5, 5.41) is 6.70. The molecule has 3 N–H and O–H groups in total. The number of halogens is 1. The van der Waals surface area contributed by atoms with Crippen LogP contribution in [0.5, 0.6) is 5.75 Å². The summed E-state index contributed by atoms with van der Waals surface area (Å²) in [6.07, 6.45) is 2.41. The van der Waals surface area contributed by atoms with E-state index in [2.05, 4.69) is 25.6 Å². The number of rotatable bonds is 4. The van der Waals surface area contributed by atoms with Gasteiger partial charge in [0.2, 0.25) is 0 Å². The van der Waals surface area contributed by atoms with Gasteiger partial charge in [0.15, 0.2) is 5.75 Å². The number of carbonyl (C=O) groups excluding carboxylic acids is 1. The third-order valence-electron chi connectivity index (χ3n) is 4.43. The zero-order chi connectivity index (χ0) is 19.0. The van der Waals surface area contributed by atoms with Crippen molar-refractivity contribution in [2.45, 2.75) is 13.3 Å². The average Bonchev–Trinajstić information content (AvgIpc) is 3.02. The van der Waals surface area contributed by atoms with Crippen molar-refractivity contribution in [3.8, 4) is 17.1 Å². The number of anilines is 2. The zero-order valence-corrected chi connectivity index (χ0v) is 15.6. The van der Waals surface area contributed by atoms with Crippen LogP contribution in [0, 0.1) is 6.92 Å². The molecule has 3 aromatic rings. The Balaban J connectivity index is 1.90. The van der Waals surface area contributed by atoms with E-state index in [0.717, 1.165) is 11.4 Å². The number of para-hydroxylation sites is 1. The van der Waals surface area contributed by atoms with Crippen LogP contribution in [0.4, 0.5) is 11.4 Å². The van der Waals surface area contributed by atoms with E-state index in [1.165, 1.54) is 0 Å². The third kappa shape index (κ3) is 3.10. The number of nitrogens with zero attached hydrogens (tertiary/aromatic N) is 2. The first-order valence-corrected chi connectivity index (χ1v) is 8.89. The van der Waals surface area contributed by atoms with Crippen molar-refractivity contribution >= 4 is 28.9 Å². The van der Waals surface area contributed by atoms with E-state index in [1.807, 2.05) is 25.1 Å². The molecule has 1 amide bonds. The largest absolute Gasteiger partial charge is 0.493 e. The fraction of sp³-hybridized carbons (Fsp3) is 0.211. The van der Waals surface area contributed by atoms with Crippen molar-refractivity contribution in [2.24, 2.45) is 0 Å². The van der Waals surface area contributed by atoms with Gasteiger partial charge in [-0.05, 0) is 25.1 Å². The molecule has 1 aromatic carbocycles. The molecule has 0 radical (unpaired) electrons. The van der Waals surface area contributed by atoms with Crippen molar-refractivity contribution in [1.29, 1.82) is 0 Å². The fourth-order valence-electron chi connectivity index (χ4n) is 3.24. The molecule has 0 unspecified atom stereocenters. The second-order valence-electron chi connectivity index (χ2n) is 6.17. The number of hydrogen-bond donors (Lipinski definition) is 3. The maximum Gasteiger partial charge on any atom is 0.255 e. The standard InChI is InChI=1S/C19H18ClN5O2/c1-10-21-8-7-13(23-10)16-17(15-12(24-16)6-9-22-19(15)26)25-14-5-3-4-11(20)18(14)27-2/h3-5,7-8,24-25H,6,9H2,1-2H3,(H,22,26). The van der Waals surface area contributed by atoms with E-state index in [4.69, 9.17) is 16.3 Å². The van der Waals surface area contributed by atoms with Gasteiger partial charge in [-0.2, -0.15) is 0 Å². The Labute approximate surface area is 161 Å². The minimum atomic E-state index is -0.131. The monoisotopic (exact) mass is 383 g/mol. The lowest BCUT2D eigenvalue weighted by Crippen LogP contribution is -2.31. The Morgan fingerprint density at radius 1 is 1.30 bits per heavy atom. The predicted octanol–water partition coefficient (Wildman–Crippen LogP) is 3.47. The number of ether oxygens (including phenoxy) is 1. The van der Waals surface area contributed by atoms with E-state index in [1.54, 1.807) is 19.4 Å². The van der Waals surface area contributed by atoms with E-state index < -0.39 is 0 Å². The van der Waals surface area contributed by atoms with E-state index in [-0.39, 0.29) is 5.91 Å². The first kappa shape index (κ1) is 17.4. The van der Waals surface area contributed by atoms with Crippen LogP contribution in [-0.4, -0.2) is 34.5 Å². The quantitative estimate of drug-likeness (QED) is 0.641. The van der Waals surface area contributed by atoms with Crippen LogP contribution < -0.4 is 15.4 Å². The van der Waals surface area contributed by atoms with Gasteiger partial charge in [0, 0.05) is 24.9 Å². The van der Waals surface area contributed by atoms with Crippen molar-refractivity contribution in [3.05, 3.63) is 52.6 Å². The van der Waals surface area contributed by atoms with Crippen LogP contribution in [-0.2, 0) is 6.42 Å². The van der Waals surface area contributed by atoms with Gasteiger partial charge in [-0.15, -0.1) is 0 Å². The molecule has 0 bridgehead atoms. The summed E-state index contributed by atoms with van der Waals surface area (Å²) in [5.41, 5.74) is 4.18. The highest BCUT2D eigenvalue weighted by Gasteiger charge is 2.28. The van der Waals surface area contributed by atoms with Gasteiger partial charge in [0.05, 0.1) is 40.5 Å². The van der Waals surface area contributed by atoms with Crippen LogP contribution in [0.15, 0.2) is 30.5 Å². The number of hydrogen-bond acceptors (Lipinski definition) is 5. The summed E-state index contributed by atoms with van der Waals surface area (Å²) < 4.78 is 5.43. The van der Waals surface area contributed by atoms with Gasteiger partial charge in [0.1, 0.15) is 5.82 Å². The summed E-state index contributed by atoms with van der Waals surface area (Å²) in [4.78, 5) is 24.6. The van der Waals surface area contributed by atoms with Gasteiger partial charge in [-0.3, -0.25) is 4.79 Å². The molecule has 4 rings (SSSR count). The second kappa shape index (κ2) is 6.92. The van der Waals surface area contributed by atoms with Crippen LogP contribution >= 0.6 is 11.6 Å². The van der Waals surface area contributed by atoms with E-state index in [0.29, 0.717) is 52.2 Å². The summed E-state index contributed by atoms with van der Waals surface area (Å²) >= 11 is 6.25. The average molecular weight is 384 g/mol. The maximum atomic E-state index is 12.6. The van der Waals surface area contributed by atoms with Crippen molar-refractivity contribution in [3.63, 3.8) is 0 Å². The smallest absolute Gasteiger partial charge is 0.255 e. The SMILES string of the molecule is COc1c(Cl)cccc1Nc1c(-c2ccnc(C)n2)[nH]c2c1C(=O)NCC2. The molecule has 0 saturated heterocycles. The van der Waals surface area contributed by atoms with Gasteiger partial charge in [-0.1, -0.05) is 17.7 Å².